The van der Waals surface area contributed by atoms with Gasteiger partial charge in [-0.1, -0.05) is 5.16 Å². The summed E-state index contributed by atoms with van der Waals surface area (Å²) in [4.78, 5) is 26.5. The molecule has 0 radical (unpaired) electrons. The molecule has 0 saturated heterocycles. The first-order valence-electron chi connectivity index (χ1n) is 7.98. The summed E-state index contributed by atoms with van der Waals surface area (Å²) in [6.07, 6.45) is -4.57. The molecule has 6 nitrogen and oxygen atoms in total. The number of nitrogens with one attached hydrogen (secondary N) is 1. The van der Waals surface area contributed by atoms with Crippen LogP contribution in [0.3, 0.4) is 0 Å². The van der Waals surface area contributed by atoms with Crippen molar-refractivity contribution in [1.82, 2.24) is 10.1 Å². The molecule has 27 heavy (non-hydrogen) atoms. The Morgan fingerprint density at radius 2 is 2.11 bits per heavy atom. The summed E-state index contributed by atoms with van der Waals surface area (Å²) in [5, 5.41) is 5.56. The number of hydrogen-bond donors (Lipinski definition) is 1. The Balaban J connectivity index is 1.66. The summed E-state index contributed by atoms with van der Waals surface area (Å²) in [5.74, 6) is -0.146. The molecule has 2 heterocycles. The number of halogens is 3. The number of rotatable bonds is 4. The maximum absolute atomic E-state index is 12.8. The highest BCUT2D eigenvalue weighted by Gasteiger charge is 2.34. The van der Waals surface area contributed by atoms with Crippen molar-refractivity contribution in [3.05, 3.63) is 41.3 Å². The highest BCUT2D eigenvalue weighted by molar-refractivity contribution is 8.01. The summed E-state index contributed by atoms with van der Waals surface area (Å²) < 4.78 is 43.3. The molecule has 144 valence electrons. The fourth-order valence-electron chi connectivity index (χ4n) is 2.60. The predicted molar refractivity (Wildman–Crippen MR) is 92.0 cm³/mol. The minimum atomic E-state index is -4.49. The molecule has 1 aromatic carbocycles. The highest BCUT2D eigenvalue weighted by atomic mass is 32.2. The quantitative estimate of drug-likeness (QED) is 0.852. The van der Waals surface area contributed by atoms with E-state index < -0.39 is 22.9 Å². The Labute approximate surface area is 157 Å². The number of amides is 2. The third-order valence-electron chi connectivity index (χ3n) is 3.99. The van der Waals surface area contributed by atoms with Gasteiger partial charge in [0.25, 0.3) is 0 Å². The second-order valence-electron chi connectivity index (χ2n) is 6.19. The monoisotopic (exact) mass is 399 g/mol. The molecule has 0 aliphatic carbocycles. The van der Waals surface area contributed by atoms with E-state index in [4.69, 9.17) is 4.52 Å². The molecule has 0 spiro atoms. The molecule has 0 fully saturated rings. The number of thioether (sulfide) groups is 1. The number of aryl methyl sites for hydroxylation is 1. The van der Waals surface area contributed by atoms with Crippen molar-refractivity contribution in [3.8, 4) is 0 Å². The molecule has 2 aromatic rings. The molecule has 2 amide bonds. The summed E-state index contributed by atoms with van der Waals surface area (Å²) >= 11 is 1.08. The van der Waals surface area contributed by atoms with E-state index in [9.17, 15) is 22.8 Å². The lowest BCUT2D eigenvalue weighted by atomic mass is 10.1. The van der Waals surface area contributed by atoms with Gasteiger partial charge in [0.2, 0.25) is 11.8 Å². The summed E-state index contributed by atoms with van der Waals surface area (Å²) in [5.41, 5.74) is -0.136. The van der Waals surface area contributed by atoms with Crippen LogP contribution in [0, 0.1) is 6.92 Å². The summed E-state index contributed by atoms with van der Waals surface area (Å²) in [7, 11) is 1.58. The average Bonchev–Trinajstić information content (AvgIpc) is 2.99. The van der Waals surface area contributed by atoms with E-state index in [0.717, 1.165) is 23.9 Å². The number of fused-ring (bicyclic) bond motifs is 1. The maximum atomic E-state index is 12.8. The predicted octanol–water partition coefficient (Wildman–Crippen LogP) is 3.46. The van der Waals surface area contributed by atoms with Gasteiger partial charge >= 0.3 is 6.18 Å². The second-order valence-corrected chi connectivity index (χ2v) is 7.43. The number of hydrogen-bond acceptors (Lipinski definition) is 5. The number of alkyl halides is 3. The largest absolute Gasteiger partial charge is 0.416 e. The van der Waals surface area contributed by atoms with E-state index in [-0.39, 0.29) is 24.6 Å². The molecule has 10 heteroatoms. The van der Waals surface area contributed by atoms with Crippen LogP contribution in [0.15, 0.2) is 33.7 Å². The Kier molecular flexibility index (Phi) is 5.18. The molecule has 1 aliphatic rings. The zero-order valence-corrected chi connectivity index (χ0v) is 15.3. The molecule has 1 atom stereocenters. The lowest BCUT2D eigenvalue weighted by Crippen LogP contribution is -2.35. The van der Waals surface area contributed by atoms with Gasteiger partial charge in [-0.15, -0.1) is 11.8 Å². The first-order valence-corrected chi connectivity index (χ1v) is 8.86. The molecule has 1 aliphatic heterocycles. The van der Waals surface area contributed by atoms with Crippen molar-refractivity contribution in [3.63, 3.8) is 0 Å². The topological polar surface area (TPSA) is 75.4 Å². The third kappa shape index (κ3) is 4.44. The third-order valence-corrected chi connectivity index (χ3v) is 5.26. The number of carbonyl (C=O) groups excluding carboxylic acids is 2. The van der Waals surface area contributed by atoms with E-state index in [1.54, 1.807) is 20.0 Å². The van der Waals surface area contributed by atoms with Gasteiger partial charge in [-0.3, -0.25) is 9.59 Å². The first kappa shape index (κ1) is 19.3. The number of benzene rings is 1. The fourth-order valence-corrected chi connectivity index (χ4v) is 3.68. The Hall–Kier alpha value is -2.49. The fraction of sp³-hybridized carbons (Fsp3) is 0.353. The first-order chi connectivity index (χ1) is 12.6. The van der Waals surface area contributed by atoms with Crippen LogP contribution >= 0.6 is 11.8 Å². The zero-order valence-electron chi connectivity index (χ0n) is 14.5. The van der Waals surface area contributed by atoms with E-state index in [2.05, 4.69) is 10.5 Å². The lowest BCUT2D eigenvalue weighted by molar-refractivity contribution is -0.137. The van der Waals surface area contributed by atoms with Gasteiger partial charge < -0.3 is 14.7 Å². The zero-order chi connectivity index (χ0) is 19.8. The van der Waals surface area contributed by atoms with Crippen molar-refractivity contribution in [1.29, 1.82) is 0 Å². The molecule has 0 bridgehead atoms. The number of anilines is 1. The molecular formula is C17H16F3N3O3S. The van der Waals surface area contributed by atoms with E-state index in [0.29, 0.717) is 16.3 Å². The maximum Gasteiger partial charge on any atom is 0.416 e. The van der Waals surface area contributed by atoms with Crippen LogP contribution in [-0.4, -0.2) is 34.2 Å². The van der Waals surface area contributed by atoms with Crippen molar-refractivity contribution in [2.24, 2.45) is 0 Å². The summed E-state index contributed by atoms with van der Waals surface area (Å²) in [6.45, 7) is 1.98. The molecule has 1 N–H and O–H groups in total. The SMILES string of the molecule is Cc1cc(CN(C)C(=O)C[C@H]2Sc3ccc(C(F)(F)F)cc3NC2=O)no1. The van der Waals surface area contributed by atoms with Crippen LogP contribution in [0.1, 0.15) is 23.4 Å². The van der Waals surface area contributed by atoms with Gasteiger partial charge in [-0.2, -0.15) is 13.2 Å². The number of aromatic nitrogens is 1. The Morgan fingerprint density at radius 3 is 2.74 bits per heavy atom. The minimum absolute atomic E-state index is 0.0791. The van der Waals surface area contributed by atoms with Crippen molar-refractivity contribution in [2.45, 2.75) is 36.2 Å². The number of nitrogens with zero attached hydrogens (tertiary/aromatic N) is 2. The standard InChI is InChI=1S/C17H16F3N3O3S/c1-9-5-11(22-26-9)8-23(2)15(24)7-14-16(25)21-12-6-10(17(18,19)20)3-4-13(12)27-14/h3-6,14H,7-8H2,1-2H3,(H,21,25)/t14-/m1/s1. The van der Waals surface area contributed by atoms with Crippen LogP contribution in [0.25, 0.3) is 0 Å². The van der Waals surface area contributed by atoms with Crippen LogP contribution < -0.4 is 5.32 Å². The molecule has 0 saturated carbocycles. The van der Waals surface area contributed by atoms with Crippen LogP contribution in [0.2, 0.25) is 0 Å². The van der Waals surface area contributed by atoms with Crippen LogP contribution in [0.5, 0.6) is 0 Å². The molecular weight excluding hydrogens is 383 g/mol. The minimum Gasteiger partial charge on any atom is -0.361 e. The van der Waals surface area contributed by atoms with E-state index in [1.807, 2.05) is 0 Å². The van der Waals surface area contributed by atoms with Crippen LogP contribution in [0.4, 0.5) is 18.9 Å². The van der Waals surface area contributed by atoms with Crippen molar-refractivity contribution < 1.29 is 27.3 Å². The average molecular weight is 399 g/mol. The van der Waals surface area contributed by atoms with E-state index >= 15 is 0 Å². The van der Waals surface area contributed by atoms with Gasteiger partial charge in [0.05, 0.1) is 23.0 Å². The van der Waals surface area contributed by atoms with Crippen LogP contribution in [-0.2, 0) is 22.3 Å². The van der Waals surface area contributed by atoms with Gasteiger partial charge in [-0.25, -0.2) is 0 Å². The second kappa shape index (κ2) is 7.26. The Bertz CT molecular complexity index is 882. The van der Waals surface area contributed by atoms with Crippen molar-refractivity contribution >= 4 is 29.3 Å². The smallest absolute Gasteiger partial charge is 0.361 e. The molecule has 0 unspecified atom stereocenters. The summed E-state index contributed by atoms with van der Waals surface area (Å²) in [6, 6.07) is 4.88. The molecule has 1 aromatic heterocycles. The van der Waals surface area contributed by atoms with Gasteiger partial charge in [-0.05, 0) is 25.1 Å². The Morgan fingerprint density at radius 1 is 1.37 bits per heavy atom. The van der Waals surface area contributed by atoms with Gasteiger partial charge in [0.15, 0.2) is 0 Å². The van der Waals surface area contributed by atoms with Gasteiger partial charge in [0.1, 0.15) is 11.5 Å². The van der Waals surface area contributed by atoms with E-state index in [1.165, 1.54) is 11.0 Å². The highest BCUT2D eigenvalue weighted by Crippen LogP contribution is 2.40. The van der Waals surface area contributed by atoms with Crippen molar-refractivity contribution in [2.75, 3.05) is 12.4 Å². The van der Waals surface area contributed by atoms with Gasteiger partial charge in [0, 0.05) is 24.4 Å². The normalized spacial score (nSPS) is 16.6. The number of carbonyl (C=O) groups is 2. The lowest BCUT2D eigenvalue weighted by Gasteiger charge is -2.26. The molecule has 3 rings (SSSR count).